The van der Waals surface area contributed by atoms with Crippen molar-refractivity contribution in [3.63, 3.8) is 0 Å². The first-order valence-electron chi connectivity index (χ1n) is 7.78. The first kappa shape index (κ1) is 14.8. The van der Waals surface area contributed by atoms with Crippen LogP contribution in [-0.4, -0.2) is 26.5 Å². The van der Waals surface area contributed by atoms with Crippen LogP contribution in [0.4, 0.5) is 5.82 Å². The van der Waals surface area contributed by atoms with Gasteiger partial charge in [0.15, 0.2) is 0 Å². The molecule has 3 rings (SSSR count). The van der Waals surface area contributed by atoms with Crippen LogP contribution in [0.3, 0.4) is 0 Å². The third-order valence-electron chi connectivity index (χ3n) is 4.82. The Balaban J connectivity index is 1.65. The van der Waals surface area contributed by atoms with Gasteiger partial charge in [-0.3, -0.25) is 0 Å². The first-order valence-corrected chi connectivity index (χ1v) is 9.26. The summed E-state index contributed by atoms with van der Waals surface area (Å²) in [7, 11) is -3.44. The van der Waals surface area contributed by atoms with E-state index in [2.05, 4.69) is 15.0 Å². The van der Waals surface area contributed by atoms with E-state index in [9.17, 15) is 8.42 Å². The normalized spacial score (nSPS) is 28.0. The van der Waals surface area contributed by atoms with Gasteiger partial charge in [-0.15, -0.1) is 0 Å². The number of hydrogen-bond acceptors (Lipinski definition) is 4. The molecule has 0 saturated heterocycles. The third kappa shape index (κ3) is 3.21. The van der Waals surface area contributed by atoms with Crippen molar-refractivity contribution in [2.75, 3.05) is 18.4 Å². The van der Waals surface area contributed by atoms with Crippen LogP contribution in [0, 0.1) is 17.8 Å². The molecule has 5 nitrogen and oxygen atoms in total. The Morgan fingerprint density at radius 1 is 1.33 bits per heavy atom. The molecule has 6 heteroatoms. The van der Waals surface area contributed by atoms with Gasteiger partial charge < -0.3 is 5.32 Å². The summed E-state index contributed by atoms with van der Waals surface area (Å²) in [5, 5.41) is 3.04. The fourth-order valence-corrected chi connectivity index (χ4v) is 4.89. The third-order valence-corrected chi connectivity index (χ3v) is 6.24. The van der Waals surface area contributed by atoms with Crippen molar-refractivity contribution < 1.29 is 8.42 Å². The van der Waals surface area contributed by atoms with Gasteiger partial charge in [-0.05, 0) is 50.0 Å². The predicted molar refractivity (Wildman–Crippen MR) is 82.5 cm³/mol. The Bertz CT molecular complexity index is 603. The molecule has 2 N–H and O–H groups in total. The van der Waals surface area contributed by atoms with Crippen LogP contribution >= 0.6 is 0 Å². The van der Waals surface area contributed by atoms with Crippen LogP contribution in [0.15, 0.2) is 23.2 Å². The van der Waals surface area contributed by atoms with Crippen molar-refractivity contribution in [3.05, 3.63) is 18.3 Å². The van der Waals surface area contributed by atoms with Gasteiger partial charge in [-0.1, -0.05) is 6.42 Å². The lowest BCUT2D eigenvalue weighted by atomic mass is 9.89. The Morgan fingerprint density at radius 2 is 2.19 bits per heavy atom. The van der Waals surface area contributed by atoms with Crippen molar-refractivity contribution in [2.24, 2.45) is 17.8 Å². The highest BCUT2D eigenvalue weighted by Crippen LogP contribution is 2.48. The smallest absolute Gasteiger partial charge is 0.240 e. The molecule has 0 aromatic carbocycles. The van der Waals surface area contributed by atoms with Crippen molar-refractivity contribution in [3.8, 4) is 0 Å². The fourth-order valence-electron chi connectivity index (χ4n) is 3.78. The van der Waals surface area contributed by atoms with E-state index in [-0.39, 0.29) is 4.90 Å². The van der Waals surface area contributed by atoms with Crippen LogP contribution in [0.5, 0.6) is 0 Å². The Kier molecular flexibility index (Phi) is 4.17. The monoisotopic (exact) mass is 309 g/mol. The van der Waals surface area contributed by atoms with E-state index in [1.54, 1.807) is 12.1 Å². The maximum atomic E-state index is 12.4. The zero-order valence-electron chi connectivity index (χ0n) is 12.4. The number of hydrogen-bond donors (Lipinski definition) is 2. The van der Waals surface area contributed by atoms with Crippen LogP contribution < -0.4 is 10.0 Å². The van der Waals surface area contributed by atoms with Gasteiger partial charge >= 0.3 is 0 Å². The minimum atomic E-state index is -3.44. The van der Waals surface area contributed by atoms with Crippen molar-refractivity contribution in [1.29, 1.82) is 0 Å². The second-order valence-electron chi connectivity index (χ2n) is 6.19. The highest BCUT2D eigenvalue weighted by Gasteiger charge is 2.39. The molecular weight excluding hydrogens is 286 g/mol. The largest absolute Gasteiger partial charge is 0.370 e. The molecule has 3 unspecified atom stereocenters. The van der Waals surface area contributed by atoms with Gasteiger partial charge in [0.1, 0.15) is 5.82 Å². The SMILES string of the molecule is CCNc1cc(S(=O)(=O)NCC2CC3CCC2C3)ccn1. The molecule has 0 amide bonds. The van der Waals surface area contributed by atoms with Gasteiger partial charge in [0.05, 0.1) is 4.90 Å². The molecular formula is C15H23N3O2S. The molecule has 2 fully saturated rings. The number of anilines is 1. The van der Waals surface area contributed by atoms with Crippen molar-refractivity contribution in [2.45, 2.75) is 37.5 Å². The molecule has 1 heterocycles. The molecule has 1 aromatic heterocycles. The van der Waals surface area contributed by atoms with Crippen LogP contribution in [0.2, 0.25) is 0 Å². The highest BCUT2D eigenvalue weighted by atomic mass is 32.2. The van der Waals surface area contributed by atoms with Gasteiger partial charge in [-0.25, -0.2) is 18.1 Å². The number of sulfonamides is 1. The van der Waals surface area contributed by atoms with Gasteiger partial charge in [0.2, 0.25) is 10.0 Å². The zero-order valence-corrected chi connectivity index (χ0v) is 13.2. The Hall–Kier alpha value is -1.14. The fraction of sp³-hybridized carbons (Fsp3) is 0.667. The quantitative estimate of drug-likeness (QED) is 0.845. The van der Waals surface area contributed by atoms with Crippen molar-refractivity contribution in [1.82, 2.24) is 9.71 Å². The molecule has 2 aliphatic carbocycles. The van der Waals surface area contributed by atoms with E-state index in [0.29, 0.717) is 18.3 Å². The maximum absolute atomic E-state index is 12.4. The number of fused-ring (bicyclic) bond motifs is 2. The topological polar surface area (TPSA) is 71.1 Å². The summed E-state index contributed by atoms with van der Waals surface area (Å²) >= 11 is 0. The summed E-state index contributed by atoms with van der Waals surface area (Å²) in [5.74, 6) is 2.69. The molecule has 21 heavy (non-hydrogen) atoms. The number of pyridine rings is 1. The number of nitrogens with zero attached hydrogens (tertiary/aromatic N) is 1. The molecule has 116 valence electrons. The first-order chi connectivity index (χ1) is 10.1. The summed E-state index contributed by atoms with van der Waals surface area (Å²) < 4.78 is 27.6. The summed E-state index contributed by atoms with van der Waals surface area (Å²) in [6.07, 6.45) is 6.63. The number of aromatic nitrogens is 1. The van der Waals surface area contributed by atoms with Gasteiger partial charge in [0, 0.05) is 25.4 Å². The molecule has 2 aliphatic rings. The van der Waals surface area contributed by atoms with E-state index in [1.165, 1.54) is 31.9 Å². The van der Waals surface area contributed by atoms with E-state index < -0.39 is 10.0 Å². The molecule has 3 atom stereocenters. The summed E-state index contributed by atoms with van der Waals surface area (Å²) in [5.41, 5.74) is 0. The summed E-state index contributed by atoms with van der Waals surface area (Å²) in [4.78, 5) is 4.40. The van der Waals surface area contributed by atoms with Crippen LogP contribution in [-0.2, 0) is 10.0 Å². The molecule has 0 aliphatic heterocycles. The lowest BCUT2D eigenvalue weighted by Crippen LogP contribution is -2.31. The molecule has 1 aromatic rings. The van der Waals surface area contributed by atoms with E-state index in [0.717, 1.165) is 18.4 Å². The number of nitrogens with one attached hydrogen (secondary N) is 2. The minimum absolute atomic E-state index is 0.289. The second-order valence-corrected chi connectivity index (χ2v) is 7.96. The summed E-state index contributed by atoms with van der Waals surface area (Å²) in [6.45, 7) is 3.24. The zero-order chi connectivity index (χ0) is 14.9. The maximum Gasteiger partial charge on any atom is 0.240 e. The van der Waals surface area contributed by atoms with Crippen LogP contribution in [0.25, 0.3) is 0 Å². The van der Waals surface area contributed by atoms with Gasteiger partial charge in [-0.2, -0.15) is 0 Å². The molecule has 0 spiro atoms. The molecule has 0 radical (unpaired) electrons. The molecule has 2 saturated carbocycles. The summed E-state index contributed by atoms with van der Waals surface area (Å²) in [6, 6.07) is 3.14. The predicted octanol–water partition coefficient (Wildman–Crippen LogP) is 2.23. The van der Waals surface area contributed by atoms with Crippen molar-refractivity contribution >= 4 is 15.8 Å². The van der Waals surface area contributed by atoms with E-state index in [1.807, 2.05) is 6.92 Å². The lowest BCUT2D eigenvalue weighted by molar-refractivity contribution is 0.333. The highest BCUT2D eigenvalue weighted by molar-refractivity contribution is 7.89. The Morgan fingerprint density at radius 3 is 2.86 bits per heavy atom. The Labute approximate surface area is 126 Å². The van der Waals surface area contributed by atoms with Crippen LogP contribution in [0.1, 0.15) is 32.6 Å². The second kappa shape index (κ2) is 5.93. The molecule has 2 bridgehead atoms. The average Bonchev–Trinajstić information content (AvgIpc) is 3.08. The van der Waals surface area contributed by atoms with Gasteiger partial charge in [0.25, 0.3) is 0 Å². The standard InChI is InChI=1S/C15H23N3O2S/c1-2-16-15-9-14(5-6-17-15)21(19,20)18-10-13-8-11-3-4-12(13)7-11/h5-6,9,11-13,18H,2-4,7-8,10H2,1H3,(H,16,17). The minimum Gasteiger partial charge on any atom is -0.370 e. The van der Waals surface area contributed by atoms with E-state index in [4.69, 9.17) is 0 Å². The lowest BCUT2D eigenvalue weighted by Gasteiger charge is -2.21. The number of rotatable bonds is 6. The average molecular weight is 309 g/mol. The van der Waals surface area contributed by atoms with E-state index >= 15 is 0 Å².